The Balaban J connectivity index is 1.68. The first-order valence-electron chi connectivity index (χ1n) is 7.30. The van der Waals surface area contributed by atoms with Crippen molar-refractivity contribution in [2.75, 3.05) is 0 Å². The van der Waals surface area contributed by atoms with Crippen LogP contribution in [-0.2, 0) is 13.1 Å². The first-order valence-corrected chi connectivity index (χ1v) is 7.68. The van der Waals surface area contributed by atoms with Gasteiger partial charge in [-0.1, -0.05) is 35.9 Å². The fourth-order valence-electron chi connectivity index (χ4n) is 2.33. The van der Waals surface area contributed by atoms with E-state index in [2.05, 4.69) is 10.4 Å². The Hall–Kier alpha value is -2.59. The summed E-state index contributed by atoms with van der Waals surface area (Å²) in [5.74, 6) is -0.115. The zero-order valence-electron chi connectivity index (χ0n) is 12.4. The van der Waals surface area contributed by atoms with Gasteiger partial charge in [-0.15, -0.1) is 0 Å². The molecular weight excluding hydrogens is 310 g/mol. The molecular formula is C18H16ClN3O. The standard InChI is InChI=1S/C18H16ClN3O/c19-17-8-6-14(7-9-17)18(23)20-12-15-4-1-2-5-16(15)13-22-11-3-10-21-22/h1-11H,12-13H2,(H,20,23). The number of rotatable bonds is 5. The Morgan fingerprint density at radius 2 is 1.78 bits per heavy atom. The van der Waals surface area contributed by atoms with Gasteiger partial charge >= 0.3 is 0 Å². The number of hydrogen-bond acceptors (Lipinski definition) is 2. The molecule has 2 aromatic carbocycles. The molecule has 0 aliphatic heterocycles. The second-order valence-corrected chi connectivity index (χ2v) is 5.60. The van der Waals surface area contributed by atoms with Crippen LogP contribution in [0.2, 0.25) is 5.02 Å². The Labute approximate surface area is 139 Å². The Kier molecular flexibility index (Phi) is 4.74. The molecule has 116 valence electrons. The maximum atomic E-state index is 12.2. The number of halogens is 1. The summed E-state index contributed by atoms with van der Waals surface area (Å²) in [6, 6.07) is 16.8. The van der Waals surface area contributed by atoms with Gasteiger partial charge in [-0.25, -0.2) is 0 Å². The van der Waals surface area contributed by atoms with E-state index in [9.17, 15) is 4.79 Å². The van der Waals surface area contributed by atoms with Crippen LogP contribution in [0.4, 0.5) is 0 Å². The van der Waals surface area contributed by atoms with Gasteiger partial charge in [0, 0.05) is 29.5 Å². The first-order chi connectivity index (χ1) is 11.2. The molecule has 1 aromatic heterocycles. The van der Waals surface area contributed by atoms with Crippen LogP contribution in [0.1, 0.15) is 21.5 Å². The summed E-state index contributed by atoms with van der Waals surface area (Å²) >= 11 is 5.84. The highest BCUT2D eigenvalue weighted by molar-refractivity contribution is 6.30. The molecule has 0 aliphatic carbocycles. The van der Waals surface area contributed by atoms with Gasteiger partial charge in [0.05, 0.1) is 6.54 Å². The van der Waals surface area contributed by atoms with Crippen molar-refractivity contribution in [2.24, 2.45) is 0 Å². The number of carbonyl (C=O) groups is 1. The summed E-state index contributed by atoms with van der Waals surface area (Å²) in [5, 5.41) is 7.78. The lowest BCUT2D eigenvalue weighted by Gasteiger charge is -2.11. The van der Waals surface area contributed by atoms with Gasteiger partial charge in [0.1, 0.15) is 0 Å². The lowest BCUT2D eigenvalue weighted by atomic mass is 10.1. The van der Waals surface area contributed by atoms with Crippen LogP contribution in [0, 0.1) is 0 Å². The summed E-state index contributed by atoms with van der Waals surface area (Å²) in [7, 11) is 0. The Morgan fingerprint density at radius 1 is 1.04 bits per heavy atom. The van der Waals surface area contributed by atoms with E-state index in [0.717, 1.165) is 11.1 Å². The smallest absolute Gasteiger partial charge is 0.251 e. The Morgan fingerprint density at radius 3 is 2.48 bits per heavy atom. The van der Waals surface area contributed by atoms with Crippen LogP contribution < -0.4 is 5.32 Å². The molecule has 0 fully saturated rings. The van der Waals surface area contributed by atoms with Crippen LogP contribution in [-0.4, -0.2) is 15.7 Å². The minimum Gasteiger partial charge on any atom is -0.348 e. The van der Waals surface area contributed by atoms with E-state index in [0.29, 0.717) is 23.7 Å². The molecule has 1 heterocycles. The third kappa shape index (κ3) is 3.99. The summed E-state index contributed by atoms with van der Waals surface area (Å²) < 4.78 is 1.86. The molecule has 5 heteroatoms. The SMILES string of the molecule is O=C(NCc1ccccc1Cn1cccn1)c1ccc(Cl)cc1. The minimum absolute atomic E-state index is 0.115. The molecule has 0 spiro atoms. The van der Waals surface area contributed by atoms with Gasteiger partial charge in [-0.05, 0) is 41.5 Å². The van der Waals surface area contributed by atoms with Crippen molar-refractivity contribution in [2.45, 2.75) is 13.1 Å². The number of amides is 1. The Bertz CT molecular complexity index is 782. The predicted octanol–water partition coefficient (Wildman–Crippen LogP) is 3.51. The van der Waals surface area contributed by atoms with Crippen LogP contribution in [0.3, 0.4) is 0 Å². The third-order valence-corrected chi connectivity index (χ3v) is 3.81. The second kappa shape index (κ2) is 7.11. The molecule has 0 unspecified atom stereocenters. The van der Waals surface area contributed by atoms with E-state index in [1.807, 2.05) is 41.2 Å². The summed E-state index contributed by atoms with van der Waals surface area (Å²) in [4.78, 5) is 12.2. The molecule has 0 saturated carbocycles. The van der Waals surface area contributed by atoms with Crippen LogP contribution >= 0.6 is 11.6 Å². The maximum Gasteiger partial charge on any atom is 0.251 e. The predicted molar refractivity (Wildman–Crippen MR) is 90.4 cm³/mol. The number of nitrogens with one attached hydrogen (secondary N) is 1. The number of benzene rings is 2. The molecule has 0 bridgehead atoms. The van der Waals surface area contributed by atoms with Crippen molar-refractivity contribution in [1.82, 2.24) is 15.1 Å². The van der Waals surface area contributed by atoms with Gasteiger partial charge in [0.2, 0.25) is 0 Å². The average molecular weight is 326 g/mol. The van der Waals surface area contributed by atoms with Crippen molar-refractivity contribution >= 4 is 17.5 Å². The van der Waals surface area contributed by atoms with Crippen LogP contribution in [0.15, 0.2) is 67.0 Å². The van der Waals surface area contributed by atoms with Crippen LogP contribution in [0.5, 0.6) is 0 Å². The summed E-state index contributed by atoms with van der Waals surface area (Å²) in [6.45, 7) is 1.15. The zero-order chi connectivity index (χ0) is 16.1. The number of hydrogen-bond donors (Lipinski definition) is 1. The van der Waals surface area contributed by atoms with Crippen molar-refractivity contribution < 1.29 is 4.79 Å². The molecule has 4 nitrogen and oxygen atoms in total. The highest BCUT2D eigenvalue weighted by Gasteiger charge is 2.07. The quantitative estimate of drug-likeness (QED) is 0.780. The number of nitrogens with zero attached hydrogens (tertiary/aromatic N) is 2. The summed E-state index contributed by atoms with van der Waals surface area (Å²) in [6.07, 6.45) is 3.67. The molecule has 1 N–H and O–H groups in total. The fourth-order valence-corrected chi connectivity index (χ4v) is 2.46. The normalized spacial score (nSPS) is 10.5. The molecule has 0 radical (unpaired) electrons. The van der Waals surface area contributed by atoms with E-state index in [-0.39, 0.29) is 5.91 Å². The molecule has 0 saturated heterocycles. The van der Waals surface area contributed by atoms with E-state index < -0.39 is 0 Å². The molecule has 1 amide bonds. The van der Waals surface area contributed by atoms with E-state index in [1.54, 1.807) is 30.5 Å². The largest absolute Gasteiger partial charge is 0.348 e. The molecule has 3 aromatic rings. The van der Waals surface area contributed by atoms with Crippen molar-refractivity contribution in [3.05, 3.63) is 88.7 Å². The van der Waals surface area contributed by atoms with Gasteiger partial charge in [-0.3, -0.25) is 9.48 Å². The molecule has 0 atom stereocenters. The van der Waals surface area contributed by atoms with Gasteiger partial charge in [-0.2, -0.15) is 5.10 Å². The maximum absolute atomic E-state index is 12.2. The van der Waals surface area contributed by atoms with E-state index in [4.69, 9.17) is 11.6 Å². The monoisotopic (exact) mass is 325 g/mol. The van der Waals surface area contributed by atoms with Gasteiger partial charge in [0.15, 0.2) is 0 Å². The second-order valence-electron chi connectivity index (χ2n) is 5.16. The number of aromatic nitrogens is 2. The third-order valence-electron chi connectivity index (χ3n) is 3.56. The van der Waals surface area contributed by atoms with Crippen LogP contribution in [0.25, 0.3) is 0 Å². The topological polar surface area (TPSA) is 46.9 Å². The average Bonchev–Trinajstić information content (AvgIpc) is 3.07. The lowest BCUT2D eigenvalue weighted by Crippen LogP contribution is -2.23. The van der Waals surface area contributed by atoms with Crippen molar-refractivity contribution in [1.29, 1.82) is 0 Å². The van der Waals surface area contributed by atoms with E-state index in [1.165, 1.54) is 0 Å². The van der Waals surface area contributed by atoms with E-state index >= 15 is 0 Å². The van der Waals surface area contributed by atoms with Gasteiger partial charge in [0.25, 0.3) is 5.91 Å². The molecule has 3 rings (SSSR count). The number of carbonyl (C=O) groups excluding carboxylic acids is 1. The highest BCUT2D eigenvalue weighted by Crippen LogP contribution is 2.12. The first kappa shape index (κ1) is 15.3. The summed E-state index contributed by atoms with van der Waals surface area (Å²) in [5.41, 5.74) is 2.80. The van der Waals surface area contributed by atoms with Crippen molar-refractivity contribution in [3.63, 3.8) is 0 Å². The fraction of sp³-hybridized carbons (Fsp3) is 0.111. The van der Waals surface area contributed by atoms with Gasteiger partial charge < -0.3 is 5.32 Å². The highest BCUT2D eigenvalue weighted by atomic mass is 35.5. The molecule has 0 aliphatic rings. The van der Waals surface area contributed by atoms with Crippen molar-refractivity contribution in [3.8, 4) is 0 Å². The minimum atomic E-state index is -0.115. The lowest BCUT2D eigenvalue weighted by molar-refractivity contribution is 0.0951. The zero-order valence-corrected chi connectivity index (χ0v) is 13.2. The molecule has 23 heavy (non-hydrogen) atoms.